The summed E-state index contributed by atoms with van der Waals surface area (Å²) in [5.74, 6) is 2.47. The first-order chi connectivity index (χ1) is 15.2. The van der Waals surface area contributed by atoms with Crippen molar-refractivity contribution in [3.8, 4) is 11.6 Å². The number of aryl methyl sites for hydroxylation is 1. The van der Waals surface area contributed by atoms with Crippen LogP contribution in [0.1, 0.15) is 42.5 Å². The standard InChI is InChI=1S/C24H30N4O3/c1-17-6-8-19(9-7-17)31-22-20-16-28(23(29)18-4-2-3-5-18)11-10-21(20)25-24(26-22)27-12-14-30-15-13-27/h6-9,18H,2-5,10-16H2,1H3. The highest BCUT2D eigenvalue weighted by Crippen LogP contribution is 2.34. The summed E-state index contributed by atoms with van der Waals surface area (Å²) in [6.45, 7) is 6.20. The number of nitrogens with zero attached hydrogens (tertiary/aromatic N) is 4. The minimum absolute atomic E-state index is 0.177. The molecule has 5 rings (SSSR count). The van der Waals surface area contributed by atoms with Gasteiger partial charge in [-0.15, -0.1) is 0 Å². The van der Waals surface area contributed by atoms with E-state index in [0.717, 1.165) is 62.2 Å². The van der Waals surface area contributed by atoms with Crippen molar-refractivity contribution in [2.24, 2.45) is 5.92 Å². The third-order valence-corrected chi connectivity index (χ3v) is 6.56. The van der Waals surface area contributed by atoms with E-state index in [-0.39, 0.29) is 11.8 Å². The van der Waals surface area contributed by atoms with Crippen molar-refractivity contribution in [1.29, 1.82) is 0 Å². The molecule has 0 spiro atoms. The molecule has 0 radical (unpaired) electrons. The average Bonchev–Trinajstić information content (AvgIpc) is 3.35. The molecule has 7 heteroatoms. The van der Waals surface area contributed by atoms with Gasteiger partial charge in [0.15, 0.2) is 0 Å². The van der Waals surface area contributed by atoms with Crippen molar-refractivity contribution in [3.63, 3.8) is 0 Å². The van der Waals surface area contributed by atoms with Gasteiger partial charge in [-0.25, -0.2) is 4.98 Å². The molecular weight excluding hydrogens is 392 g/mol. The number of carbonyl (C=O) groups is 1. The molecule has 1 aliphatic carbocycles. The van der Waals surface area contributed by atoms with Crippen LogP contribution in [0.3, 0.4) is 0 Å². The first-order valence-corrected chi connectivity index (χ1v) is 11.4. The fraction of sp³-hybridized carbons (Fsp3) is 0.542. The quantitative estimate of drug-likeness (QED) is 0.751. The van der Waals surface area contributed by atoms with Crippen LogP contribution >= 0.6 is 0 Å². The first-order valence-electron chi connectivity index (χ1n) is 11.4. The van der Waals surface area contributed by atoms with Crippen molar-refractivity contribution in [3.05, 3.63) is 41.1 Å². The van der Waals surface area contributed by atoms with Crippen LogP contribution in [0, 0.1) is 12.8 Å². The molecule has 0 bridgehead atoms. The second-order valence-corrected chi connectivity index (χ2v) is 8.76. The minimum atomic E-state index is 0.177. The summed E-state index contributed by atoms with van der Waals surface area (Å²) >= 11 is 0. The van der Waals surface area contributed by atoms with Gasteiger partial charge in [-0.1, -0.05) is 30.5 Å². The normalized spacial score (nSPS) is 19.4. The molecule has 2 aromatic rings. The molecule has 1 aromatic carbocycles. The van der Waals surface area contributed by atoms with Crippen LogP contribution in [0.4, 0.5) is 5.95 Å². The van der Waals surface area contributed by atoms with Gasteiger partial charge in [0.05, 0.1) is 31.0 Å². The first kappa shape index (κ1) is 20.2. The molecule has 1 amide bonds. The molecular formula is C24H30N4O3. The predicted molar refractivity (Wildman–Crippen MR) is 117 cm³/mol. The number of hydrogen-bond acceptors (Lipinski definition) is 6. The van der Waals surface area contributed by atoms with Crippen molar-refractivity contribution in [1.82, 2.24) is 14.9 Å². The van der Waals surface area contributed by atoms with E-state index in [4.69, 9.17) is 19.4 Å². The summed E-state index contributed by atoms with van der Waals surface area (Å²) in [6.07, 6.45) is 5.09. The van der Waals surface area contributed by atoms with Crippen LogP contribution in [-0.4, -0.2) is 53.6 Å². The molecule has 0 atom stereocenters. The van der Waals surface area contributed by atoms with Crippen LogP contribution in [0.5, 0.6) is 11.6 Å². The highest BCUT2D eigenvalue weighted by atomic mass is 16.5. The third kappa shape index (κ3) is 4.37. The maximum atomic E-state index is 13.1. The summed E-state index contributed by atoms with van der Waals surface area (Å²) in [7, 11) is 0. The molecule has 0 N–H and O–H groups in total. The molecule has 7 nitrogen and oxygen atoms in total. The van der Waals surface area contributed by atoms with Gasteiger partial charge in [0.1, 0.15) is 5.75 Å². The van der Waals surface area contributed by atoms with Gasteiger partial charge in [0, 0.05) is 32.0 Å². The number of morpholine rings is 1. The number of rotatable bonds is 4. The molecule has 0 unspecified atom stereocenters. The Morgan fingerprint density at radius 3 is 2.55 bits per heavy atom. The van der Waals surface area contributed by atoms with Crippen LogP contribution in [0.25, 0.3) is 0 Å². The average molecular weight is 423 g/mol. The molecule has 31 heavy (non-hydrogen) atoms. The topological polar surface area (TPSA) is 67.8 Å². The zero-order chi connectivity index (χ0) is 21.2. The maximum Gasteiger partial charge on any atom is 0.229 e. The molecule has 2 aliphatic heterocycles. The molecule has 1 aromatic heterocycles. The van der Waals surface area contributed by atoms with Crippen LogP contribution in [-0.2, 0) is 22.5 Å². The zero-order valence-corrected chi connectivity index (χ0v) is 18.2. The van der Waals surface area contributed by atoms with E-state index in [1.54, 1.807) is 0 Å². The second-order valence-electron chi connectivity index (χ2n) is 8.76. The second kappa shape index (κ2) is 8.83. The lowest BCUT2D eigenvalue weighted by Crippen LogP contribution is -2.41. The summed E-state index contributed by atoms with van der Waals surface area (Å²) in [6, 6.07) is 7.98. The Hall–Kier alpha value is -2.67. The van der Waals surface area contributed by atoms with E-state index in [0.29, 0.717) is 38.1 Å². The van der Waals surface area contributed by atoms with E-state index in [1.807, 2.05) is 29.2 Å². The number of aromatic nitrogens is 2. The Kier molecular flexibility index (Phi) is 5.76. The predicted octanol–water partition coefficient (Wildman–Crippen LogP) is 3.49. The summed E-state index contributed by atoms with van der Waals surface area (Å²) in [5, 5.41) is 0. The lowest BCUT2D eigenvalue weighted by atomic mass is 10.0. The fourth-order valence-electron chi connectivity index (χ4n) is 4.70. The van der Waals surface area contributed by atoms with E-state index in [1.165, 1.54) is 5.56 Å². The smallest absolute Gasteiger partial charge is 0.229 e. The highest BCUT2D eigenvalue weighted by molar-refractivity contribution is 5.79. The monoisotopic (exact) mass is 422 g/mol. The number of anilines is 1. The van der Waals surface area contributed by atoms with Gasteiger partial charge in [-0.2, -0.15) is 4.98 Å². The van der Waals surface area contributed by atoms with Gasteiger partial charge in [0.2, 0.25) is 17.7 Å². The summed E-state index contributed by atoms with van der Waals surface area (Å²) < 4.78 is 11.8. The van der Waals surface area contributed by atoms with Gasteiger partial charge < -0.3 is 19.3 Å². The fourth-order valence-corrected chi connectivity index (χ4v) is 4.70. The number of carbonyl (C=O) groups excluding carboxylic acids is 1. The molecule has 1 saturated heterocycles. The molecule has 1 saturated carbocycles. The van der Waals surface area contributed by atoms with E-state index in [9.17, 15) is 4.79 Å². The number of benzene rings is 1. The number of ether oxygens (including phenoxy) is 2. The Morgan fingerprint density at radius 2 is 1.81 bits per heavy atom. The highest BCUT2D eigenvalue weighted by Gasteiger charge is 2.32. The molecule has 3 aliphatic rings. The van der Waals surface area contributed by atoms with Crippen molar-refractivity contribution in [2.45, 2.75) is 45.6 Å². The minimum Gasteiger partial charge on any atom is -0.438 e. The number of hydrogen-bond donors (Lipinski definition) is 0. The van der Waals surface area contributed by atoms with E-state index in [2.05, 4.69) is 11.8 Å². The SMILES string of the molecule is Cc1ccc(Oc2nc(N3CCOCC3)nc3c2CN(C(=O)C2CCCC2)CC3)cc1. The summed E-state index contributed by atoms with van der Waals surface area (Å²) in [5.41, 5.74) is 3.11. The number of amides is 1. The number of fused-ring (bicyclic) bond motifs is 1. The molecule has 164 valence electrons. The van der Waals surface area contributed by atoms with Gasteiger partial charge in [0.25, 0.3) is 0 Å². The van der Waals surface area contributed by atoms with E-state index >= 15 is 0 Å². The van der Waals surface area contributed by atoms with Gasteiger partial charge in [-0.3, -0.25) is 4.79 Å². The molecule has 3 heterocycles. The zero-order valence-electron chi connectivity index (χ0n) is 18.2. The Balaban J connectivity index is 1.46. The van der Waals surface area contributed by atoms with Crippen molar-refractivity contribution >= 4 is 11.9 Å². The van der Waals surface area contributed by atoms with Gasteiger partial charge in [-0.05, 0) is 31.9 Å². The molecule has 2 fully saturated rings. The Morgan fingerprint density at radius 1 is 1.06 bits per heavy atom. The van der Waals surface area contributed by atoms with Crippen molar-refractivity contribution < 1.29 is 14.3 Å². The third-order valence-electron chi connectivity index (χ3n) is 6.56. The van der Waals surface area contributed by atoms with Gasteiger partial charge >= 0.3 is 0 Å². The maximum absolute atomic E-state index is 13.1. The largest absolute Gasteiger partial charge is 0.438 e. The van der Waals surface area contributed by atoms with Crippen LogP contribution < -0.4 is 9.64 Å². The lowest BCUT2D eigenvalue weighted by Gasteiger charge is -2.33. The van der Waals surface area contributed by atoms with Crippen LogP contribution in [0.2, 0.25) is 0 Å². The Bertz CT molecular complexity index is 935. The lowest BCUT2D eigenvalue weighted by molar-refractivity contribution is -0.136. The van der Waals surface area contributed by atoms with E-state index < -0.39 is 0 Å². The van der Waals surface area contributed by atoms with Crippen molar-refractivity contribution in [2.75, 3.05) is 37.7 Å². The summed E-state index contributed by atoms with van der Waals surface area (Å²) in [4.78, 5) is 26.9. The Labute approximate surface area is 183 Å². The van der Waals surface area contributed by atoms with Crippen LogP contribution in [0.15, 0.2) is 24.3 Å².